The summed E-state index contributed by atoms with van der Waals surface area (Å²) in [6, 6.07) is 10.7. The van der Waals surface area contributed by atoms with E-state index in [9.17, 15) is 9.59 Å². The fourth-order valence-electron chi connectivity index (χ4n) is 3.24. The van der Waals surface area contributed by atoms with Crippen molar-refractivity contribution < 1.29 is 9.53 Å². The number of aryl methyl sites for hydroxylation is 1. The summed E-state index contributed by atoms with van der Waals surface area (Å²) >= 11 is 0. The van der Waals surface area contributed by atoms with Crippen molar-refractivity contribution in [1.82, 2.24) is 19.9 Å². The van der Waals surface area contributed by atoms with E-state index in [1.807, 2.05) is 30.3 Å². The summed E-state index contributed by atoms with van der Waals surface area (Å²) in [6.07, 6.45) is 1.30. The molecule has 7 nitrogen and oxygen atoms in total. The van der Waals surface area contributed by atoms with Crippen LogP contribution in [-0.4, -0.2) is 45.5 Å². The first-order valence-electron chi connectivity index (χ1n) is 8.44. The average Bonchev–Trinajstić information content (AvgIpc) is 2.66. The number of aromatic amines is 1. The Morgan fingerprint density at radius 3 is 3.04 bits per heavy atom. The molecule has 0 unspecified atom stereocenters. The molecular weight excluding hydrogens is 332 g/mol. The van der Waals surface area contributed by atoms with Gasteiger partial charge in [0.05, 0.1) is 24.4 Å². The van der Waals surface area contributed by atoms with Crippen LogP contribution in [0.5, 0.6) is 0 Å². The zero-order valence-electron chi connectivity index (χ0n) is 14.3. The molecule has 1 aliphatic rings. The number of fused-ring (bicyclic) bond motifs is 1. The van der Waals surface area contributed by atoms with Gasteiger partial charge in [-0.3, -0.25) is 14.6 Å². The number of carbonyl (C=O) groups excluding carboxylic acids is 1. The van der Waals surface area contributed by atoms with Gasteiger partial charge in [0.15, 0.2) is 0 Å². The van der Waals surface area contributed by atoms with E-state index < -0.39 is 6.10 Å². The van der Waals surface area contributed by atoms with Gasteiger partial charge in [-0.15, -0.1) is 0 Å². The molecule has 1 amide bonds. The minimum atomic E-state index is -0.415. The van der Waals surface area contributed by atoms with Crippen LogP contribution < -0.4 is 5.56 Å². The number of hydrogen-bond acceptors (Lipinski definition) is 5. The summed E-state index contributed by atoms with van der Waals surface area (Å²) in [5.74, 6) is 0.457. The number of amides is 1. The molecule has 0 saturated carbocycles. The maximum Gasteiger partial charge on any atom is 0.254 e. The lowest BCUT2D eigenvalue weighted by Gasteiger charge is -2.33. The SMILES string of the molecule is Cc1nc([C@@H]2CN(C(=O)c3cccc4ncccc34)CCO2)cc(=O)[nH]1. The van der Waals surface area contributed by atoms with Gasteiger partial charge >= 0.3 is 0 Å². The Balaban J connectivity index is 1.63. The molecule has 132 valence electrons. The highest BCUT2D eigenvalue weighted by atomic mass is 16.5. The average molecular weight is 350 g/mol. The lowest BCUT2D eigenvalue weighted by Crippen LogP contribution is -2.42. The fraction of sp³-hybridized carbons (Fsp3) is 0.263. The number of ether oxygens (including phenoxy) is 1. The van der Waals surface area contributed by atoms with Crippen molar-refractivity contribution in [2.45, 2.75) is 13.0 Å². The van der Waals surface area contributed by atoms with E-state index >= 15 is 0 Å². The van der Waals surface area contributed by atoms with Crippen molar-refractivity contribution >= 4 is 16.8 Å². The van der Waals surface area contributed by atoms with E-state index in [1.165, 1.54) is 6.07 Å². The largest absolute Gasteiger partial charge is 0.368 e. The fourth-order valence-corrected chi connectivity index (χ4v) is 3.24. The Morgan fingerprint density at radius 2 is 2.19 bits per heavy atom. The van der Waals surface area contributed by atoms with Gasteiger partial charge in [-0.05, 0) is 25.1 Å². The molecule has 1 aromatic carbocycles. The normalized spacial score (nSPS) is 17.4. The van der Waals surface area contributed by atoms with Gasteiger partial charge < -0.3 is 14.6 Å². The first kappa shape index (κ1) is 16.4. The molecule has 2 aromatic heterocycles. The molecule has 1 atom stereocenters. The second kappa shape index (κ2) is 6.68. The second-order valence-corrected chi connectivity index (χ2v) is 6.24. The van der Waals surface area contributed by atoms with Crippen molar-refractivity contribution in [2.75, 3.05) is 19.7 Å². The molecule has 1 N–H and O–H groups in total. The van der Waals surface area contributed by atoms with Gasteiger partial charge in [-0.2, -0.15) is 0 Å². The number of aromatic nitrogens is 3. The molecule has 4 rings (SSSR count). The first-order chi connectivity index (χ1) is 12.6. The van der Waals surface area contributed by atoms with Crippen molar-refractivity contribution in [3.63, 3.8) is 0 Å². The standard InChI is InChI=1S/C19H18N4O3/c1-12-21-16(10-18(24)22-12)17-11-23(8-9-26-17)19(25)14-4-2-6-15-13(14)5-3-7-20-15/h2-7,10,17H,8-9,11H2,1H3,(H,21,22,24)/t17-/m0/s1. The zero-order valence-corrected chi connectivity index (χ0v) is 14.3. The molecule has 3 heterocycles. The summed E-state index contributed by atoms with van der Waals surface area (Å²) in [6.45, 7) is 2.96. The van der Waals surface area contributed by atoms with Gasteiger partial charge in [0.2, 0.25) is 0 Å². The van der Waals surface area contributed by atoms with Gasteiger partial charge in [0, 0.05) is 29.8 Å². The number of benzene rings is 1. The summed E-state index contributed by atoms with van der Waals surface area (Å²) in [5.41, 5.74) is 1.73. The maximum atomic E-state index is 13.1. The van der Waals surface area contributed by atoms with Gasteiger partial charge in [0.1, 0.15) is 11.9 Å². The van der Waals surface area contributed by atoms with E-state index in [0.29, 0.717) is 36.8 Å². The molecule has 1 aliphatic heterocycles. The highest BCUT2D eigenvalue weighted by molar-refractivity contribution is 6.06. The second-order valence-electron chi connectivity index (χ2n) is 6.24. The third-order valence-electron chi connectivity index (χ3n) is 4.44. The van der Waals surface area contributed by atoms with Gasteiger partial charge in [-0.1, -0.05) is 12.1 Å². The van der Waals surface area contributed by atoms with Gasteiger partial charge in [0.25, 0.3) is 11.5 Å². The number of morpholine rings is 1. The molecule has 1 fully saturated rings. The van der Waals surface area contributed by atoms with Crippen molar-refractivity contribution in [3.8, 4) is 0 Å². The molecule has 7 heteroatoms. The van der Waals surface area contributed by atoms with E-state index in [2.05, 4.69) is 15.0 Å². The Morgan fingerprint density at radius 1 is 1.31 bits per heavy atom. The zero-order chi connectivity index (χ0) is 18.1. The Kier molecular flexibility index (Phi) is 4.22. The minimum Gasteiger partial charge on any atom is -0.368 e. The number of carbonyl (C=O) groups is 1. The molecule has 1 saturated heterocycles. The number of rotatable bonds is 2. The number of hydrogen-bond donors (Lipinski definition) is 1. The van der Waals surface area contributed by atoms with E-state index in [4.69, 9.17) is 4.74 Å². The van der Waals surface area contributed by atoms with Crippen LogP contribution in [-0.2, 0) is 4.74 Å². The summed E-state index contributed by atoms with van der Waals surface area (Å²) in [7, 11) is 0. The summed E-state index contributed by atoms with van der Waals surface area (Å²) in [5, 5.41) is 0.827. The first-order valence-corrected chi connectivity index (χ1v) is 8.44. The maximum absolute atomic E-state index is 13.1. The Hall–Kier alpha value is -3.06. The molecule has 0 bridgehead atoms. The Labute approximate surface area is 149 Å². The number of pyridine rings is 1. The van der Waals surface area contributed by atoms with Crippen LogP contribution in [0.1, 0.15) is 28.0 Å². The van der Waals surface area contributed by atoms with Crippen LogP contribution >= 0.6 is 0 Å². The molecule has 3 aromatic rings. The lowest BCUT2D eigenvalue weighted by molar-refractivity contribution is -0.0248. The number of H-pyrrole nitrogens is 1. The predicted octanol–water partition coefficient (Wildman–Crippen LogP) is 1.84. The lowest BCUT2D eigenvalue weighted by atomic mass is 10.1. The number of nitrogens with zero attached hydrogens (tertiary/aromatic N) is 3. The molecular formula is C19H18N4O3. The van der Waals surface area contributed by atoms with Crippen molar-refractivity contribution in [1.29, 1.82) is 0 Å². The summed E-state index contributed by atoms with van der Waals surface area (Å²) < 4.78 is 5.76. The van der Waals surface area contributed by atoms with Crippen LogP contribution in [0, 0.1) is 6.92 Å². The predicted molar refractivity (Wildman–Crippen MR) is 95.9 cm³/mol. The van der Waals surface area contributed by atoms with E-state index in [0.717, 1.165) is 10.9 Å². The van der Waals surface area contributed by atoms with Crippen molar-refractivity contribution in [2.24, 2.45) is 0 Å². The third-order valence-corrected chi connectivity index (χ3v) is 4.44. The van der Waals surface area contributed by atoms with Gasteiger partial charge in [-0.25, -0.2) is 4.98 Å². The quantitative estimate of drug-likeness (QED) is 0.762. The minimum absolute atomic E-state index is 0.0709. The smallest absolute Gasteiger partial charge is 0.254 e. The third kappa shape index (κ3) is 3.09. The van der Waals surface area contributed by atoms with Crippen LogP contribution in [0.2, 0.25) is 0 Å². The van der Waals surface area contributed by atoms with Crippen LogP contribution in [0.4, 0.5) is 0 Å². The Bertz CT molecular complexity index is 1030. The van der Waals surface area contributed by atoms with Crippen LogP contribution in [0.25, 0.3) is 10.9 Å². The summed E-state index contributed by atoms with van der Waals surface area (Å²) in [4.78, 5) is 37.8. The van der Waals surface area contributed by atoms with E-state index in [1.54, 1.807) is 18.0 Å². The molecule has 26 heavy (non-hydrogen) atoms. The van der Waals surface area contributed by atoms with E-state index in [-0.39, 0.29) is 11.5 Å². The topological polar surface area (TPSA) is 88.2 Å². The monoisotopic (exact) mass is 350 g/mol. The molecule has 0 spiro atoms. The highest BCUT2D eigenvalue weighted by Crippen LogP contribution is 2.23. The molecule has 0 radical (unpaired) electrons. The van der Waals surface area contributed by atoms with Crippen molar-refractivity contribution in [3.05, 3.63) is 70.0 Å². The van der Waals surface area contributed by atoms with Crippen LogP contribution in [0.3, 0.4) is 0 Å². The molecule has 0 aliphatic carbocycles. The van der Waals surface area contributed by atoms with Crippen LogP contribution in [0.15, 0.2) is 47.4 Å². The number of nitrogens with one attached hydrogen (secondary N) is 1. The highest BCUT2D eigenvalue weighted by Gasteiger charge is 2.28.